The number of unbranched alkanes of at least 4 members (excludes halogenated alkanes) is 2. The Morgan fingerprint density at radius 1 is 1.25 bits per heavy atom. The van der Waals surface area contributed by atoms with Crippen LogP contribution in [-0.4, -0.2) is 34.8 Å². The SMILES string of the molecule is CCCCCC(C)NC1CC(=O)N(C2CCCC2)C1=O. The van der Waals surface area contributed by atoms with Gasteiger partial charge in [-0.1, -0.05) is 39.0 Å². The van der Waals surface area contributed by atoms with Crippen molar-refractivity contribution < 1.29 is 9.59 Å². The van der Waals surface area contributed by atoms with Crippen LogP contribution in [0.5, 0.6) is 0 Å². The molecule has 4 nitrogen and oxygen atoms in total. The molecule has 1 saturated carbocycles. The Morgan fingerprint density at radius 3 is 2.60 bits per heavy atom. The van der Waals surface area contributed by atoms with Crippen molar-refractivity contribution in [3.05, 3.63) is 0 Å². The van der Waals surface area contributed by atoms with Crippen molar-refractivity contribution >= 4 is 11.8 Å². The summed E-state index contributed by atoms with van der Waals surface area (Å²) in [5.74, 6) is 0.0457. The van der Waals surface area contributed by atoms with Crippen LogP contribution in [0.3, 0.4) is 0 Å². The van der Waals surface area contributed by atoms with Gasteiger partial charge in [0.05, 0.1) is 12.5 Å². The molecule has 2 fully saturated rings. The molecule has 20 heavy (non-hydrogen) atoms. The van der Waals surface area contributed by atoms with Gasteiger partial charge < -0.3 is 5.32 Å². The molecule has 0 radical (unpaired) electrons. The van der Waals surface area contributed by atoms with E-state index in [9.17, 15) is 9.59 Å². The fraction of sp³-hybridized carbons (Fsp3) is 0.875. The lowest BCUT2D eigenvalue weighted by Crippen LogP contribution is -2.45. The minimum Gasteiger partial charge on any atom is -0.303 e. The predicted molar refractivity (Wildman–Crippen MR) is 79.3 cm³/mol. The van der Waals surface area contributed by atoms with Gasteiger partial charge in [-0.05, 0) is 26.2 Å². The van der Waals surface area contributed by atoms with E-state index in [4.69, 9.17) is 0 Å². The van der Waals surface area contributed by atoms with Crippen molar-refractivity contribution in [3.63, 3.8) is 0 Å². The molecule has 2 unspecified atom stereocenters. The van der Waals surface area contributed by atoms with Gasteiger partial charge in [0.15, 0.2) is 0 Å². The number of carbonyl (C=O) groups is 2. The van der Waals surface area contributed by atoms with E-state index in [0.717, 1.165) is 32.1 Å². The molecule has 2 amide bonds. The van der Waals surface area contributed by atoms with E-state index >= 15 is 0 Å². The van der Waals surface area contributed by atoms with Crippen molar-refractivity contribution in [3.8, 4) is 0 Å². The van der Waals surface area contributed by atoms with Crippen LogP contribution in [0.4, 0.5) is 0 Å². The zero-order valence-corrected chi connectivity index (χ0v) is 12.9. The summed E-state index contributed by atoms with van der Waals surface area (Å²) in [4.78, 5) is 26.1. The van der Waals surface area contributed by atoms with Crippen LogP contribution in [0.25, 0.3) is 0 Å². The summed E-state index contributed by atoms with van der Waals surface area (Å²) in [6, 6.07) is 0.212. The molecular formula is C16H28N2O2. The Kier molecular flexibility index (Phi) is 5.58. The Hall–Kier alpha value is -0.900. The Morgan fingerprint density at radius 2 is 1.95 bits per heavy atom. The molecule has 4 heteroatoms. The summed E-state index contributed by atoms with van der Waals surface area (Å²) >= 11 is 0. The molecular weight excluding hydrogens is 252 g/mol. The number of rotatable bonds is 7. The highest BCUT2D eigenvalue weighted by Gasteiger charge is 2.43. The van der Waals surface area contributed by atoms with Gasteiger partial charge in [0.1, 0.15) is 0 Å². The van der Waals surface area contributed by atoms with Crippen molar-refractivity contribution in [2.24, 2.45) is 0 Å². The first kappa shape index (κ1) is 15.5. The maximum atomic E-state index is 12.4. The lowest BCUT2D eigenvalue weighted by molar-refractivity contribution is -0.141. The third kappa shape index (κ3) is 3.60. The molecule has 1 heterocycles. The topological polar surface area (TPSA) is 49.4 Å². The van der Waals surface area contributed by atoms with Crippen LogP contribution in [0.15, 0.2) is 0 Å². The molecule has 1 aliphatic heterocycles. The van der Waals surface area contributed by atoms with Gasteiger partial charge in [-0.3, -0.25) is 14.5 Å². The van der Waals surface area contributed by atoms with Gasteiger partial charge in [-0.25, -0.2) is 0 Å². The van der Waals surface area contributed by atoms with E-state index in [-0.39, 0.29) is 23.9 Å². The predicted octanol–water partition coefficient (Wildman–Crippen LogP) is 2.61. The van der Waals surface area contributed by atoms with Gasteiger partial charge in [0.2, 0.25) is 11.8 Å². The van der Waals surface area contributed by atoms with Crippen molar-refractivity contribution in [2.45, 2.75) is 89.8 Å². The zero-order chi connectivity index (χ0) is 14.5. The zero-order valence-electron chi connectivity index (χ0n) is 12.9. The highest BCUT2D eigenvalue weighted by Crippen LogP contribution is 2.28. The number of carbonyl (C=O) groups excluding carboxylic acids is 2. The van der Waals surface area contributed by atoms with E-state index < -0.39 is 0 Å². The Labute approximate surface area is 122 Å². The molecule has 0 bridgehead atoms. The van der Waals surface area contributed by atoms with E-state index in [2.05, 4.69) is 19.2 Å². The lowest BCUT2D eigenvalue weighted by atomic mass is 10.1. The summed E-state index contributed by atoms with van der Waals surface area (Å²) < 4.78 is 0. The van der Waals surface area contributed by atoms with E-state index in [1.165, 1.54) is 19.3 Å². The van der Waals surface area contributed by atoms with Crippen LogP contribution < -0.4 is 5.32 Å². The second-order valence-electron chi connectivity index (χ2n) is 6.36. The first-order valence-corrected chi connectivity index (χ1v) is 8.25. The van der Waals surface area contributed by atoms with Gasteiger partial charge in [0, 0.05) is 12.1 Å². The van der Waals surface area contributed by atoms with Crippen molar-refractivity contribution in [2.75, 3.05) is 0 Å². The molecule has 0 aromatic carbocycles. The van der Waals surface area contributed by atoms with Crippen LogP contribution in [-0.2, 0) is 9.59 Å². The van der Waals surface area contributed by atoms with Gasteiger partial charge in [-0.2, -0.15) is 0 Å². The summed E-state index contributed by atoms with van der Waals surface area (Å²) in [5.41, 5.74) is 0. The lowest BCUT2D eigenvalue weighted by Gasteiger charge is -2.23. The maximum absolute atomic E-state index is 12.4. The average molecular weight is 280 g/mol. The summed E-state index contributed by atoms with van der Waals surface area (Å²) in [6.07, 6.45) is 9.35. The molecule has 2 rings (SSSR count). The van der Waals surface area contributed by atoms with Gasteiger partial charge in [-0.15, -0.1) is 0 Å². The van der Waals surface area contributed by atoms with E-state index in [1.807, 2.05) is 0 Å². The number of likely N-dealkylation sites (tertiary alicyclic amines) is 1. The standard InChI is InChI=1S/C16H28N2O2/c1-3-4-5-8-12(2)17-14-11-15(19)18(16(14)20)13-9-6-7-10-13/h12-14,17H,3-11H2,1-2H3. The van der Waals surface area contributed by atoms with Crippen molar-refractivity contribution in [1.82, 2.24) is 10.2 Å². The summed E-state index contributed by atoms with van der Waals surface area (Å²) in [7, 11) is 0. The molecule has 2 aliphatic rings. The average Bonchev–Trinajstić information content (AvgIpc) is 2.99. The first-order valence-electron chi connectivity index (χ1n) is 8.25. The molecule has 0 spiro atoms. The minimum absolute atomic E-state index is 0.0178. The first-order chi connectivity index (χ1) is 9.63. The van der Waals surface area contributed by atoms with Crippen LogP contribution >= 0.6 is 0 Å². The quantitative estimate of drug-likeness (QED) is 0.576. The smallest absolute Gasteiger partial charge is 0.247 e. The number of hydrogen-bond acceptors (Lipinski definition) is 3. The highest BCUT2D eigenvalue weighted by atomic mass is 16.2. The summed E-state index contributed by atoms with van der Waals surface area (Å²) in [5, 5.41) is 3.36. The number of imide groups is 1. The second kappa shape index (κ2) is 7.21. The van der Waals surface area contributed by atoms with Gasteiger partial charge >= 0.3 is 0 Å². The molecule has 0 aromatic rings. The fourth-order valence-electron chi connectivity index (χ4n) is 3.45. The number of amides is 2. The van der Waals surface area contributed by atoms with Gasteiger partial charge in [0.25, 0.3) is 0 Å². The summed E-state index contributed by atoms with van der Waals surface area (Å²) in [6.45, 7) is 4.31. The Bertz CT molecular complexity index is 350. The fourth-order valence-corrected chi connectivity index (χ4v) is 3.45. The number of nitrogens with one attached hydrogen (secondary N) is 1. The molecule has 2 atom stereocenters. The minimum atomic E-state index is -0.278. The molecule has 114 valence electrons. The normalized spacial score (nSPS) is 25.7. The van der Waals surface area contributed by atoms with Crippen LogP contribution in [0.1, 0.15) is 71.6 Å². The van der Waals surface area contributed by atoms with E-state index in [1.54, 1.807) is 4.90 Å². The Balaban J connectivity index is 1.84. The van der Waals surface area contributed by atoms with Crippen molar-refractivity contribution in [1.29, 1.82) is 0 Å². The molecule has 1 saturated heterocycles. The highest BCUT2D eigenvalue weighted by molar-refractivity contribution is 6.05. The third-order valence-electron chi connectivity index (χ3n) is 4.60. The maximum Gasteiger partial charge on any atom is 0.247 e. The number of hydrogen-bond donors (Lipinski definition) is 1. The third-order valence-corrected chi connectivity index (χ3v) is 4.60. The van der Waals surface area contributed by atoms with E-state index in [0.29, 0.717) is 12.5 Å². The molecule has 1 N–H and O–H groups in total. The van der Waals surface area contributed by atoms with Crippen LogP contribution in [0.2, 0.25) is 0 Å². The monoisotopic (exact) mass is 280 g/mol. The molecule has 1 aliphatic carbocycles. The second-order valence-corrected chi connectivity index (χ2v) is 6.36. The number of nitrogens with zero attached hydrogens (tertiary/aromatic N) is 1. The van der Waals surface area contributed by atoms with Crippen LogP contribution in [0, 0.1) is 0 Å². The molecule has 0 aromatic heterocycles. The largest absolute Gasteiger partial charge is 0.303 e.